The highest BCUT2D eigenvalue weighted by Crippen LogP contribution is 2.34. The van der Waals surface area contributed by atoms with Gasteiger partial charge in [-0.3, -0.25) is 13.9 Å². The third kappa shape index (κ3) is 2.12. The monoisotopic (exact) mass is 314 g/mol. The van der Waals surface area contributed by atoms with Crippen LogP contribution >= 0.6 is 0 Å². The number of hydrogen-bond acceptors (Lipinski definition) is 4. The molecular weight excluding hydrogens is 296 g/mol. The van der Waals surface area contributed by atoms with Crippen molar-refractivity contribution in [3.63, 3.8) is 0 Å². The molecule has 0 atom stereocenters. The van der Waals surface area contributed by atoms with Crippen molar-refractivity contribution in [1.82, 2.24) is 14.1 Å². The van der Waals surface area contributed by atoms with Crippen LogP contribution in [0.1, 0.15) is 0 Å². The van der Waals surface area contributed by atoms with E-state index in [1.54, 1.807) is 0 Å². The van der Waals surface area contributed by atoms with Gasteiger partial charge in [0.15, 0.2) is 5.75 Å². The number of aryl methyl sites for hydroxylation is 1. The minimum absolute atomic E-state index is 0.102. The minimum Gasteiger partial charge on any atom is -0.504 e. The lowest BCUT2D eigenvalue weighted by molar-refractivity contribution is 0.480. The van der Waals surface area contributed by atoms with E-state index < -0.39 is 11.2 Å². The topological polar surface area (TPSA) is 83.3 Å². The number of aromatic nitrogens is 3. The molecule has 0 spiro atoms. The molecule has 0 saturated heterocycles. The van der Waals surface area contributed by atoms with Gasteiger partial charge in [0, 0.05) is 39.4 Å². The molecule has 120 valence electrons. The number of nitrogens with zero attached hydrogens (tertiary/aromatic N) is 3. The Morgan fingerprint density at radius 3 is 2.22 bits per heavy atom. The predicted octanol–water partition coefficient (Wildman–Crippen LogP) is 1.00. The summed E-state index contributed by atoms with van der Waals surface area (Å²) in [6.45, 7) is 0. The van der Waals surface area contributed by atoms with E-state index >= 15 is 0 Å². The summed E-state index contributed by atoms with van der Waals surface area (Å²) in [6, 6.07) is 7.53. The Labute approximate surface area is 132 Å². The molecule has 0 radical (unpaired) electrons. The summed E-state index contributed by atoms with van der Waals surface area (Å²) < 4.78 is 2.28. The van der Waals surface area contributed by atoms with Gasteiger partial charge in [-0.1, -0.05) is 12.1 Å². The highest BCUT2D eigenvalue weighted by molar-refractivity contribution is 5.91. The Balaban J connectivity index is 2.30. The second-order valence-corrected chi connectivity index (χ2v) is 5.72. The summed E-state index contributed by atoms with van der Waals surface area (Å²) in [5.41, 5.74) is 1.65. The molecule has 1 aromatic carbocycles. The van der Waals surface area contributed by atoms with Gasteiger partial charge in [0.1, 0.15) is 11.0 Å². The maximum Gasteiger partial charge on any atom is 0.331 e. The van der Waals surface area contributed by atoms with E-state index in [9.17, 15) is 14.7 Å². The van der Waals surface area contributed by atoms with Crippen LogP contribution in [-0.2, 0) is 14.1 Å². The Bertz CT molecular complexity index is 1010. The molecular formula is C16H18N4O3. The predicted molar refractivity (Wildman–Crippen MR) is 90.2 cm³/mol. The fourth-order valence-electron chi connectivity index (χ4n) is 2.67. The summed E-state index contributed by atoms with van der Waals surface area (Å²) in [7, 11) is 6.81. The summed E-state index contributed by atoms with van der Waals surface area (Å²) in [5.74, 6) is -0.102. The van der Waals surface area contributed by atoms with Crippen LogP contribution in [0, 0.1) is 0 Å². The Kier molecular flexibility index (Phi) is 3.28. The first-order valence-corrected chi connectivity index (χ1v) is 7.11. The van der Waals surface area contributed by atoms with Gasteiger partial charge in [0.2, 0.25) is 0 Å². The lowest BCUT2D eigenvalue weighted by Gasteiger charge is -2.12. The number of aromatic amines is 1. The average molecular weight is 314 g/mol. The van der Waals surface area contributed by atoms with Crippen LogP contribution in [0.15, 0.2) is 33.9 Å². The summed E-state index contributed by atoms with van der Waals surface area (Å²) in [4.78, 5) is 29.2. The van der Waals surface area contributed by atoms with Gasteiger partial charge in [0.05, 0.1) is 5.69 Å². The van der Waals surface area contributed by atoms with Gasteiger partial charge in [-0.25, -0.2) is 4.79 Å². The van der Waals surface area contributed by atoms with Gasteiger partial charge < -0.3 is 15.0 Å². The molecule has 7 nitrogen and oxygen atoms in total. The fraction of sp³-hybridized carbons (Fsp3) is 0.250. The number of fused-ring (bicyclic) bond motifs is 1. The number of H-pyrrole nitrogens is 1. The van der Waals surface area contributed by atoms with Crippen molar-refractivity contribution in [2.75, 3.05) is 19.0 Å². The molecule has 2 aromatic heterocycles. The van der Waals surface area contributed by atoms with Crippen LogP contribution in [0.4, 0.5) is 5.69 Å². The number of nitrogens with one attached hydrogen (secondary N) is 1. The molecule has 0 bridgehead atoms. The zero-order valence-electron chi connectivity index (χ0n) is 13.4. The van der Waals surface area contributed by atoms with Gasteiger partial charge in [-0.15, -0.1) is 0 Å². The van der Waals surface area contributed by atoms with E-state index in [-0.39, 0.29) is 16.8 Å². The normalized spacial score (nSPS) is 11.1. The Morgan fingerprint density at radius 2 is 1.65 bits per heavy atom. The Morgan fingerprint density at radius 1 is 1.04 bits per heavy atom. The molecule has 3 aromatic rings. The quantitative estimate of drug-likeness (QED) is 0.739. The molecule has 2 heterocycles. The molecule has 3 rings (SSSR count). The van der Waals surface area contributed by atoms with Crippen molar-refractivity contribution < 1.29 is 5.11 Å². The van der Waals surface area contributed by atoms with E-state index in [1.165, 1.54) is 18.7 Å². The SMILES string of the molecule is CN(C)c1ccc(-c2[nH]c3c(=O)n(C)c(=O)n(C)c3c2O)cc1. The van der Waals surface area contributed by atoms with Gasteiger partial charge in [-0.2, -0.15) is 0 Å². The van der Waals surface area contributed by atoms with Crippen molar-refractivity contribution in [2.24, 2.45) is 14.1 Å². The number of benzene rings is 1. The van der Waals surface area contributed by atoms with Crippen molar-refractivity contribution >= 4 is 16.7 Å². The maximum absolute atomic E-state index is 12.2. The number of rotatable bonds is 2. The minimum atomic E-state index is -0.480. The third-order valence-electron chi connectivity index (χ3n) is 4.05. The number of hydrogen-bond donors (Lipinski definition) is 2. The zero-order chi connectivity index (χ0) is 16.9. The van der Waals surface area contributed by atoms with E-state index in [4.69, 9.17) is 0 Å². The van der Waals surface area contributed by atoms with Crippen molar-refractivity contribution in [1.29, 1.82) is 0 Å². The van der Waals surface area contributed by atoms with Crippen molar-refractivity contribution in [3.05, 3.63) is 45.1 Å². The fourth-order valence-corrected chi connectivity index (χ4v) is 2.67. The molecule has 7 heteroatoms. The second-order valence-electron chi connectivity index (χ2n) is 5.72. The first kappa shape index (κ1) is 15.0. The van der Waals surface area contributed by atoms with Crippen LogP contribution < -0.4 is 16.1 Å². The summed E-state index contributed by atoms with van der Waals surface area (Å²) in [5, 5.41) is 10.5. The maximum atomic E-state index is 12.2. The second kappa shape index (κ2) is 5.05. The first-order valence-electron chi connectivity index (χ1n) is 7.11. The lowest BCUT2D eigenvalue weighted by atomic mass is 10.1. The summed E-state index contributed by atoms with van der Waals surface area (Å²) in [6.07, 6.45) is 0. The molecule has 0 fully saturated rings. The molecule has 0 aliphatic heterocycles. The van der Waals surface area contributed by atoms with Gasteiger partial charge in [0.25, 0.3) is 5.56 Å². The molecule has 0 amide bonds. The zero-order valence-corrected chi connectivity index (χ0v) is 13.4. The van der Waals surface area contributed by atoms with Crippen LogP contribution in [0.3, 0.4) is 0 Å². The average Bonchev–Trinajstić information content (AvgIpc) is 2.88. The number of aromatic hydroxyl groups is 1. The van der Waals surface area contributed by atoms with E-state index in [0.717, 1.165) is 15.8 Å². The standard InChI is InChI=1S/C16H18N4O3/c1-18(2)10-7-5-9(6-8-10)11-14(21)13-12(17-11)15(22)20(4)16(23)19(13)3/h5-8,17,21H,1-4H3. The smallest absolute Gasteiger partial charge is 0.331 e. The summed E-state index contributed by atoms with van der Waals surface area (Å²) >= 11 is 0. The first-order chi connectivity index (χ1) is 10.8. The largest absolute Gasteiger partial charge is 0.504 e. The third-order valence-corrected chi connectivity index (χ3v) is 4.05. The van der Waals surface area contributed by atoms with E-state index in [0.29, 0.717) is 5.69 Å². The molecule has 0 unspecified atom stereocenters. The molecule has 0 aliphatic rings. The van der Waals surface area contributed by atoms with E-state index in [2.05, 4.69) is 4.98 Å². The van der Waals surface area contributed by atoms with Crippen LogP contribution in [0.2, 0.25) is 0 Å². The molecule has 23 heavy (non-hydrogen) atoms. The molecule has 0 aliphatic carbocycles. The lowest BCUT2D eigenvalue weighted by Crippen LogP contribution is -2.36. The number of anilines is 1. The van der Waals surface area contributed by atoms with Crippen molar-refractivity contribution in [2.45, 2.75) is 0 Å². The van der Waals surface area contributed by atoms with Gasteiger partial charge in [-0.05, 0) is 12.1 Å². The van der Waals surface area contributed by atoms with Crippen LogP contribution in [-0.4, -0.2) is 33.3 Å². The Hall–Kier alpha value is -2.96. The highest BCUT2D eigenvalue weighted by Gasteiger charge is 2.19. The highest BCUT2D eigenvalue weighted by atomic mass is 16.3. The van der Waals surface area contributed by atoms with Crippen LogP contribution in [0.25, 0.3) is 22.3 Å². The van der Waals surface area contributed by atoms with E-state index in [1.807, 2.05) is 43.3 Å². The van der Waals surface area contributed by atoms with Crippen LogP contribution in [0.5, 0.6) is 5.75 Å². The van der Waals surface area contributed by atoms with Gasteiger partial charge >= 0.3 is 5.69 Å². The van der Waals surface area contributed by atoms with Crippen molar-refractivity contribution in [3.8, 4) is 17.0 Å². The molecule has 2 N–H and O–H groups in total. The molecule has 0 saturated carbocycles.